The van der Waals surface area contributed by atoms with Crippen molar-refractivity contribution in [2.45, 2.75) is 13.8 Å². The highest BCUT2D eigenvalue weighted by Gasteiger charge is 2.17. The normalized spacial score (nSPS) is 9.73. The Hall–Kier alpha value is -2.55. The number of carbonyl (C=O) groups excluding carboxylic acids is 2. The van der Waals surface area contributed by atoms with Crippen LogP contribution in [0.15, 0.2) is 24.3 Å². The maximum atomic E-state index is 12.0. The molecular weight excluding hydrogens is 282 g/mol. The van der Waals surface area contributed by atoms with Crippen LogP contribution in [0.25, 0.3) is 0 Å². The fourth-order valence-electron chi connectivity index (χ4n) is 1.90. The van der Waals surface area contributed by atoms with Crippen molar-refractivity contribution < 1.29 is 14.3 Å². The van der Waals surface area contributed by atoms with E-state index in [2.05, 4.69) is 0 Å². The first-order chi connectivity index (χ1) is 10.5. The van der Waals surface area contributed by atoms with Crippen molar-refractivity contribution in [2.24, 2.45) is 0 Å². The summed E-state index contributed by atoms with van der Waals surface area (Å²) in [6, 6.07) is 8.71. The topological polar surface area (TPSA) is 73.6 Å². The van der Waals surface area contributed by atoms with Crippen molar-refractivity contribution in [3.05, 3.63) is 29.8 Å². The third-order valence-corrected chi connectivity index (χ3v) is 3.27. The largest absolute Gasteiger partial charge is 0.482 e. The Morgan fingerprint density at radius 1 is 1.18 bits per heavy atom. The maximum Gasteiger partial charge on any atom is 0.260 e. The molecule has 0 spiro atoms. The monoisotopic (exact) mass is 303 g/mol. The molecule has 0 fully saturated rings. The van der Waals surface area contributed by atoms with Gasteiger partial charge in [-0.3, -0.25) is 9.59 Å². The second kappa shape index (κ2) is 8.67. The number of ether oxygens (including phenoxy) is 1. The van der Waals surface area contributed by atoms with Gasteiger partial charge in [-0.2, -0.15) is 5.26 Å². The lowest BCUT2D eigenvalue weighted by Gasteiger charge is -2.23. The number of benzene rings is 1. The quantitative estimate of drug-likeness (QED) is 0.760. The van der Waals surface area contributed by atoms with Crippen LogP contribution >= 0.6 is 0 Å². The second-order valence-corrected chi connectivity index (χ2v) is 4.71. The molecule has 118 valence electrons. The van der Waals surface area contributed by atoms with E-state index in [-0.39, 0.29) is 25.0 Å². The second-order valence-electron chi connectivity index (χ2n) is 4.71. The molecule has 0 saturated heterocycles. The van der Waals surface area contributed by atoms with Gasteiger partial charge in [-0.1, -0.05) is 12.1 Å². The van der Waals surface area contributed by atoms with Crippen LogP contribution in [0.3, 0.4) is 0 Å². The molecule has 1 rings (SSSR count). The molecule has 1 aromatic rings. The van der Waals surface area contributed by atoms with Gasteiger partial charge in [0.2, 0.25) is 5.91 Å². The summed E-state index contributed by atoms with van der Waals surface area (Å²) >= 11 is 0. The maximum absolute atomic E-state index is 12.0. The summed E-state index contributed by atoms with van der Waals surface area (Å²) in [6.45, 7) is 4.83. The zero-order chi connectivity index (χ0) is 16.5. The minimum atomic E-state index is -0.312. The van der Waals surface area contributed by atoms with Crippen molar-refractivity contribution in [1.82, 2.24) is 9.80 Å². The molecule has 0 aliphatic heterocycles. The predicted octanol–water partition coefficient (Wildman–Crippen LogP) is 1.26. The van der Waals surface area contributed by atoms with Gasteiger partial charge in [0.25, 0.3) is 5.91 Å². The van der Waals surface area contributed by atoms with Crippen molar-refractivity contribution >= 4 is 11.8 Å². The van der Waals surface area contributed by atoms with E-state index in [0.29, 0.717) is 24.4 Å². The summed E-state index contributed by atoms with van der Waals surface area (Å²) in [5.41, 5.74) is 0.372. The molecule has 0 aliphatic carbocycles. The summed E-state index contributed by atoms with van der Waals surface area (Å²) in [7, 11) is 1.56. The van der Waals surface area contributed by atoms with Crippen LogP contribution < -0.4 is 4.74 Å². The van der Waals surface area contributed by atoms with E-state index in [9.17, 15) is 9.59 Å². The van der Waals surface area contributed by atoms with Gasteiger partial charge in [0.05, 0.1) is 12.1 Å². The van der Waals surface area contributed by atoms with E-state index in [4.69, 9.17) is 10.00 Å². The van der Waals surface area contributed by atoms with Gasteiger partial charge < -0.3 is 14.5 Å². The van der Waals surface area contributed by atoms with Gasteiger partial charge in [-0.25, -0.2) is 0 Å². The molecule has 0 aliphatic rings. The van der Waals surface area contributed by atoms with Crippen molar-refractivity contribution in [2.75, 3.05) is 33.3 Å². The van der Waals surface area contributed by atoms with Gasteiger partial charge in [-0.05, 0) is 26.0 Å². The minimum absolute atomic E-state index is 0.0176. The van der Waals surface area contributed by atoms with Crippen LogP contribution in [0.1, 0.15) is 19.4 Å². The van der Waals surface area contributed by atoms with Gasteiger partial charge in [0.15, 0.2) is 6.61 Å². The molecule has 2 amide bonds. The number of amides is 2. The standard InChI is InChI=1S/C16H21N3O3/c1-4-19(5-2)15(20)11-18(3)16(21)12-22-14-9-7-6-8-13(14)10-17/h6-9H,4-5,11-12H2,1-3H3. The lowest BCUT2D eigenvalue weighted by atomic mass is 10.2. The average Bonchev–Trinajstić information content (AvgIpc) is 2.53. The Morgan fingerprint density at radius 2 is 1.82 bits per heavy atom. The molecule has 0 unspecified atom stereocenters. The van der Waals surface area contributed by atoms with Gasteiger partial charge in [0.1, 0.15) is 11.8 Å². The van der Waals surface area contributed by atoms with Crippen molar-refractivity contribution in [3.63, 3.8) is 0 Å². The highest BCUT2D eigenvalue weighted by atomic mass is 16.5. The molecule has 6 nitrogen and oxygen atoms in total. The number of hydrogen-bond acceptors (Lipinski definition) is 4. The Morgan fingerprint density at radius 3 is 2.41 bits per heavy atom. The number of nitriles is 1. The van der Waals surface area contributed by atoms with E-state index >= 15 is 0 Å². The molecule has 0 atom stereocenters. The summed E-state index contributed by atoms with van der Waals surface area (Å²) in [5, 5.41) is 8.95. The smallest absolute Gasteiger partial charge is 0.260 e. The molecule has 0 saturated carbocycles. The number of rotatable bonds is 7. The summed E-state index contributed by atoms with van der Waals surface area (Å²) in [5.74, 6) is -0.0478. The highest BCUT2D eigenvalue weighted by Crippen LogP contribution is 2.16. The molecule has 22 heavy (non-hydrogen) atoms. The van der Waals surface area contributed by atoms with Crippen LogP contribution in [0.2, 0.25) is 0 Å². The van der Waals surface area contributed by atoms with Gasteiger partial charge in [0, 0.05) is 20.1 Å². The minimum Gasteiger partial charge on any atom is -0.482 e. The lowest BCUT2D eigenvalue weighted by molar-refractivity contribution is -0.140. The van der Waals surface area contributed by atoms with Crippen molar-refractivity contribution in [3.8, 4) is 11.8 Å². The van der Waals surface area contributed by atoms with E-state index in [0.717, 1.165) is 0 Å². The molecular formula is C16H21N3O3. The van der Waals surface area contributed by atoms with E-state index in [1.807, 2.05) is 19.9 Å². The molecule has 0 heterocycles. The zero-order valence-corrected chi connectivity index (χ0v) is 13.2. The van der Waals surface area contributed by atoms with Gasteiger partial charge >= 0.3 is 0 Å². The first-order valence-electron chi connectivity index (χ1n) is 7.17. The third-order valence-electron chi connectivity index (χ3n) is 3.27. The van der Waals surface area contributed by atoms with Crippen LogP contribution in [-0.4, -0.2) is 54.9 Å². The lowest BCUT2D eigenvalue weighted by Crippen LogP contribution is -2.42. The fourth-order valence-corrected chi connectivity index (χ4v) is 1.90. The number of nitrogens with zero attached hydrogens (tertiary/aromatic N) is 3. The Kier molecular flexibility index (Phi) is 6.90. The number of hydrogen-bond donors (Lipinski definition) is 0. The summed E-state index contributed by atoms with van der Waals surface area (Å²) in [4.78, 5) is 26.9. The molecule has 1 aromatic carbocycles. The van der Waals surface area contributed by atoms with E-state index < -0.39 is 0 Å². The first-order valence-corrected chi connectivity index (χ1v) is 7.17. The average molecular weight is 303 g/mol. The molecule has 0 bridgehead atoms. The predicted molar refractivity (Wildman–Crippen MR) is 82.2 cm³/mol. The Balaban J connectivity index is 2.55. The number of para-hydroxylation sites is 1. The molecule has 0 aromatic heterocycles. The summed E-state index contributed by atoms with van der Waals surface area (Å²) < 4.78 is 5.37. The number of likely N-dealkylation sites (N-methyl/N-ethyl adjacent to an activating group) is 2. The fraction of sp³-hybridized carbons (Fsp3) is 0.438. The SMILES string of the molecule is CCN(CC)C(=O)CN(C)C(=O)COc1ccccc1C#N. The summed E-state index contributed by atoms with van der Waals surface area (Å²) in [6.07, 6.45) is 0. The van der Waals surface area contributed by atoms with Crippen LogP contribution in [0.4, 0.5) is 0 Å². The number of carbonyl (C=O) groups is 2. The molecule has 6 heteroatoms. The van der Waals surface area contributed by atoms with E-state index in [1.165, 1.54) is 4.90 Å². The molecule has 0 N–H and O–H groups in total. The van der Waals surface area contributed by atoms with Crippen LogP contribution in [-0.2, 0) is 9.59 Å². The first kappa shape index (κ1) is 17.5. The third kappa shape index (κ3) is 4.77. The zero-order valence-electron chi connectivity index (χ0n) is 13.2. The Labute approximate surface area is 130 Å². The van der Waals surface area contributed by atoms with Crippen LogP contribution in [0.5, 0.6) is 5.75 Å². The van der Waals surface area contributed by atoms with Crippen LogP contribution in [0, 0.1) is 11.3 Å². The Bertz CT molecular complexity index is 562. The highest BCUT2D eigenvalue weighted by molar-refractivity contribution is 5.85. The molecule has 0 radical (unpaired) electrons. The van der Waals surface area contributed by atoms with Gasteiger partial charge in [-0.15, -0.1) is 0 Å². The van der Waals surface area contributed by atoms with Crippen molar-refractivity contribution in [1.29, 1.82) is 5.26 Å². The van der Waals surface area contributed by atoms with E-state index in [1.54, 1.807) is 36.2 Å².